The molecule has 1 N–H and O–H groups in total. The van der Waals surface area contributed by atoms with Gasteiger partial charge < -0.3 is 24.3 Å². The molecule has 0 saturated heterocycles. The molecule has 0 aliphatic carbocycles. The molecule has 310 valence electrons. The number of unbranched alkanes of at least 4 members (excludes halogenated alkanes) is 14. The third-order valence-corrected chi connectivity index (χ3v) is 10.2. The number of anilines is 1. The van der Waals surface area contributed by atoms with Gasteiger partial charge in [-0.05, 0) is 62.2 Å². The van der Waals surface area contributed by atoms with Gasteiger partial charge in [-0.1, -0.05) is 96.8 Å². The Morgan fingerprint density at radius 1 is 0.679 bits per heavy atom. The first-order valence-electron chi connectivity index (χ1n) is 20.3. The molecular weight excluding hydrogens is 786 g/mol. The summed E-state index contributed by atoms with van der Waals surface area (Å²) in [6.07, 6.45) is 16.4. The Kier molecular flexibility index (Phi) is 20.8. The minimum Gasteiger partial charge on any atom is -0.451 e. The van der Waals surface area contributed by atoms with Gasteiger partial charge in [-0.3, -0.25) is 29.4 Å². The summed E-state index contributed by atoms with van der Waals surface area (Å²) in [6, 6.07) is 3.56. The van der Waals surface area contributed by atoms with E-state index >= 15 is 0 Å². The summed E-state index contributed by atoms with van der Waals surface area (Å²) in [5, 5.41) is 3.13. The summed E-state index contributed by atoms with van der Waals surface area (Å²) in [6.45, 7) is 8.16. The number of halogens is 1. The SMILES string of the molecule is CCCCCCCCCCCCCCCCCC(=O)O[C@@H](C)C(=O)O[C@@H](C)C(=O)O[C@@H](C)C(=O)O[C@@H](C)C(=O)N1CCN=C1Nc1ccc2nccnc2c1Br. The molecule has 1 aromatic heterocycles. The zero-order valence-electron chi connectivity index (χ0n) is 33.7. The van der Waals surface area contributed by atoms with Crippen molar-refractivity contribution in [1.82, 2.24) is 14.9 Å². The molecule has 0 fully saturated rings. The number of guanidine groups is 1. The van der Waals surface area contributed by atoms with Gasteiger partial charge in [0.25, 0.3) is 5.91 Å². The van der Waals surface area contributed by atoms with Crippen LogP contribution >= 0.6 is 15.9 Å². The first kappa shape index (κ1) is 46.2. The Hall–Kier alpha value is -4.14. The van der Waals surface area contributed by atoms with Crippen LogP contribution in [-0.2, 0) is 42.9 Å². The topological polar surface area (TPSA) is 176 Å². The van der Waals surface area contributed by atoms with E-state index in [0.29, 0.717) is 34.2 Å². The molecule has 1 aromatic carbocycles. The second-order valence-electron chi connectivity index (χ2n) is 14.2. The fourth-order valence-corrected chi connectivity index (χ4v) is 6.65. The van der Waals surface area contributed by atoms with Gasteiger partial charge in [0.05, 0.1) is 22.2 Å². The van der Waals surface area contributed by atoms with Gasteiger partial charge in [-0.15, -0.1) is 0 Å². The van der Waals surface area contributed by atoms with Crippen LogP contribution in [0.1, 0.15) is 137 Å². The molecule has 0 radical (unpaired) electrons. The largest absolute Gasteiger partial charge is 0.451 e. The third-order valence-electron chi connectivity index (χ3n) is 9.45. The van der Waals surface area contributed by atoms with E-state index in [9.17, 15) is 24.0 Å². The molecule has 56 heavy (non-hydrogen) atoms. The first-order chi connectivity index (χ1) is 26.9. The number of carbonyl (C=O) groups excluding carboxylic acids is 5. The van der Waals surface area contributed by atoms with Crippen LogP contribution in [0.15, 0.2) is 34.0 Å². The second-order valence-corrected chi connectivity index (χ2v) is 15.0. The lowest BCUT2D eigenvalue weighted by molar-refractivity contribution is -0.183. The molecular formula is C41H60BrN5O9. The van der Waals surface area contributed by atoms with E-state index < -0.39 is 54.2 Å². The number of aromatic nitrogens is 2. The standard InChI is InChI=1S/C41H60BrN5O9/c1-6-7-8-9-10-11-12-13-14-15-16-17-18-19-20-21-34(48)53-29(3)38(50)55-31(5)40(52)56-30(4)39(51)54-28(2)37(49)47-27-26-45-41(47)46-32-22-23-33-36(35(32)42)44-25-24-43-33/h22-25,28-31H,6-21,26-27H2,1-5H3,(H,45,46)/t28-,29-,30-,31-/m0/s1. The van der Waals surface area contributed by atoms with Gasteiger partial charge in [0, 0.05) is 25.4 Å². The molecule has 0 saturated carbocycles. The van der Waals surface area contributed by atoms with Crippen molar-refractivity contribution >= 4 is 68.4 Å². The smallest absolute Gasteiger partial charge is 0.347 e. The Morgan fingerprint density at radius 3 is 1.71 bits per heavy atom. The molecule has 1 aliphatic heterocycles. The van der Waals surface area contributed by atoms with Gasteiger partial charge >= 0.3 is 23.9 Å². The van der Waals surface area contributed by atoms with Crippen LogP contribution in [0.2, 0.25) is 0 Å². The summed E-state index contributed by atoms with van der Waals surface area (Å²) < 4.78 is 21.5. The summed E-state index contributed by atoms with van der Waals surface area (Å²) >= 11 is 3.53. The van der Waals surface area contributed by atoms with E-state index in [4.69, 9.17) is 18.9 Å². The van der Waals surface area contributed by atoms with Crippen LogP contribution in [0.5, 0.6) is 0 Å². The molecule has 0 unspecified atom stereocenters. The molecule has 2 aromatic rings. The molecule has 14 nitrogen and oxygen atoms in total. The first-order valence-corrected chi connectivity index (χ1v) is 21.0. The van der Waals surface area contributed by atoms with Crippen molar-refractivity contribution in [3.05, 3.63) is 29.0 Å². The maximum atomic E-state index is 13.3. The number of benzene rings is 1. The van der Waals surface area contributed by atoms with Gasteiger partial charge in [0.1, 0.15) is 5.52 Å². The molecule has 0 bridgehead atoms. The third kappa shape index (κ3) is 15.8. The number of hydrogen-bond acceptors (Lipinski definition) is 13. The number of esters is 4. The minimum absolute atomic E-state index is 0.189. The number of fused-ring (bicyclic) bond motifs is 1. The quantitative estimate of drug-likeness (QED) is 0.0580. The maximum Gasteiger partial charge on any atom is 0.347 e. The van der Waals surface area contributed by atoms with Crippen molar-refractivity contribution in [2.75, 3.05) is 18.4 Å². The van der Waals surface area contributed by atoms with Gasteiger partial charge in [0.15, 0.2) is 24.4 Å². The van der Waals surface area contributed by atoms with Crippen molar-refractivity contribution < 1.29 is 42.9 Å². The van der Waals surface area contributed by atoms with Crippen molar-refractivity contribution in [2.45, 2.75) is 162 Å². The predicted molar refractivity (Wildman–Crippen MR) is 217 cm³/mol. The highest BCUT2D eigenvalue weighted by Crippen LogP contribution is 2.29. The van der Waals surface area contributed by atoms with Crippen LogP contribution in [0, 0.1) is 0 Å². The number of aliphatic imine (C=N–C) groups is 1. The summed E-state index contributed by atoms with van der Waals surface area (Å²) in [5.74, 6) is -3.69. The van der Waals surface area contributed by atoms with E-state index in [1.54, 1.807) is 24.5 Å². The molecule has 15 heteroatoms. The van der Waals surface area contributed by atoms with Crippen LogP contribution in [0.3, 0.4) is 0 Å². The highest BCUT2D eigenvalue weighted by molar-refractivity contribution is 9.10. The van der Waals surface area contributed by atoms with Gasteiger partial charge in [-0.25, -0.2) is 14.4 Å². The number of carbonyl (C=O) groups is 5. The Bertz CT molecular complexity index is 1620. The van der Waals surface area contributed by atoms with Crippen LogP contribution in [-0.4, -0.2) is 88.1 Å². The maximum absolute atomic E-state index is 13.3. The van der Waals surface area contributed by atoms with Crippen LogP contribution < -0.4 is 5.32 Å². The minimum atomic E-state index is -1.41. The highest BCUT2D eigenvalue weighted by atomic mass is 79.9. The van der Waals surface area contributed by atoms with Gasteiger partial charge in [0.2, 0.25) is 5.96 Å². The van der Waals surface area contributed by atoms with Crippen molar-refractivity contribution in [1.29, 1.82) is 0 Å². The number of hydrogen-bond donors (Lipinski definition) is 1. The predicted octanol–water partition coefficient (Wildman–Crippen LogP) is 7.99. The molecule has 1 aliphatic rings. The fraction of sp³-hybridized carbons (Fsp3) is 0.659. The Balaban J connectivity index is 1.28. The van der Waals surface area contributed by atoms with Crippen molar-refractivity contribution in [3.8, 4) is 0 Å². The Labute approximate surface area is 339 Å². The van der Waals surface area contributed by atoms with Crippen molar-refractivity contribution in [3.63, 3.8) is 0 Å². The van der Waals surface area contributed by atoms with Crippen LogP contribution in [0.4, 0.5) is 5.69 Å². The molecule has 3 rings (SSSR count). The van der Waals surface area contributed by atoms with Gasteiger partial charge in [-0.2, -0.15) is 0 Å². The molecule has 1 amide bonds. The normalized spacial score (nSPS) is 14.7. The number of amides is 1. The van der Waals surface area contributed by atoms with E-state index in [2.05, 4.69) is 43.1 Å². The number of nitrogens with zero attached hydrogens (tertiary/aromatic N) is 4. The average Bonchev–Trinajstić information content (AvgIpc) is 3.65. The summed E-state index contributed by atoms with van der Waals surface area (Å²) in [7, 11) is 0. The van der Waals surface area contributed by atoms with Crippen molar-refractivity contribution in [2.24, 2.45) is 4.99 Å². The lowest BCUT2D eigenvalue weighted by atomic mass is 10.0. The van der Waals surface area contributed by atoms with E-state index in [1.165, 1.54) is 103 Å². The zero-order valence-corrected chi connectivity index (χ0v) is 35.3. The van der Waals surface area contributed by atoms with E-state index in [0.717, 1.165) is 19.3 Å². The monoisotopic (exact) mass is 845 g/mol. The molecule has 0 spiro atoms. The summed E-state index contributed by atoms with van der Waals surface area (Å²) in [4.78, 5) is 77.8. The highest BCUT2D eigenvalue weighted by Gasteiger charge is 2.33. The molecule has 2 heterocycles. The summed E-state index contributed by atoms with van der Waals surface area (Å²) in [5.41, 5.74) is 1.92. The second kappa shape index (κ2) is 25.2. The van der Waals surface area contributed by atoms with E-state index in [-0.39, 0.29) is 18.9 Å². The van der Waals surface area contributed by atoms with E-state index in [1.807, 2.05) is 0 Å². The number of rotatable bonds is 25. The zero-order chi connectivity index (χ0) is 40.9. The number of ether oxygens (including phenoxy) is 4. The van der Waals surface area contributed by atoms with Crippen LogP contribution in [0.25, 0.3) is 11.0 Å². The Morgan fingerprint density at radius 2 is 1.16 bits per heavy atom. The number of nitrogens with one attached hydrogen (secondary N) is 1. The average molecular weight is 847 g/mol. The lowest BCUT2D eigenvalue weighted by Gasteiger charge is -2.24. The lowest BCUT2D eigenvalue weighted by Crippen LogP contribution is -2.45. The fourth-order valence-electron chi connectivity index (χ4n) is 6.11. The molecule has 4 atom stereocenters.